The Hall–Kier alpha value is -3.57. The number of hydrazine groups is 1. The van der Waals surface area contributed by atoms with Gasteiger partial charge in [-0.25, -0.2) is 17.5 Å². The summed E-state index contributed by atoms with van der Waals surface area (Å²) in [5.74, 6) is -1.83. The van der Waals surface area contributed by atoms with Crippen LogP contribution in [0, 0.1) is 5.82 Å². The molecule has 2 amide bonds. The van der Waals surface area contributed by atoms with E-state index < -0.39 is 27.7 Å². The van der Waals surface area contributed by atoms with Gasteiger partial charge >= 0.3 is 0 Å². The molecule has 0 aliphatic carbocycles. The highest BCUT2D eigenvalue weighted by atomic mass is 32.2. The third-order valence-corrected chi connectivity index (χ3v) is 6.67. The van der Waals surface area contributed by atoms with Gasteiger partial charge in [0.1, 0.15) is 5.82 Å². The molecule has 0 aliphatic rings. The number of carbonyl (C=O) groups excluding carboxylic acids is 2. The van der Waals surface area contributed by atoms with Crippen LogP contribution >= 0.6 is 0 Å². The van der Waals surface area contributed by atoms with E-state index in [4.69, 9.17) is 0 Å². The summed E-state index contributed by atoms with van der Waals surface area (Å²) in [5, 5.41) is 4.06. The molecular weight excluding hydrogens is 437 g/mol. The second-order valence-corrected chi connectivity index (χ2v) is 8.59. The topological polar surface area (TPSA) is 113 Å². The third kappa shape index (κ3) is 5.01. The zero-order chi connectivity index (χ0) is 23.3. The van der Waals surface area contributed by atoms with Gasteiger partial charge in [0.25, 0.3) is 11.8 Å². The second kappa shape index (κ2) is 9.71. The fourth-order valence-electron chi connectivity index (χ4n) is 2.97. The SMILES string of the molecule is CCN(CC)S(=O)(=O)c1cccc(C(=O)NNC(=O)c2ccn(-c3cccc(F)c3)n2)c1. The van der Waals surface area contributed by atoms with Crippen LogP contribution in [0.5, 0.6) is 0 Å². The van der Waals surface area contributed by atoms with Gasteiger partial charge in [-0.3, -0.25) is 20.4 Å². The van der Waals surface area contributed by atoms with Crippen molar-refractivity contribution < 1.29 is 22.4 Å². The number of hydrogen-bond acceptors (Lipinski definition) is 5. The van der Waals surface area contributed by atoms with Gasteiger partial charge in [0.05, 0.1) is 10.6 Å². The molecule has 0 bridgehead atoms. The molecule has 11 heteroatoms. The molecule has 2 aromatic carbocycles. The zero-order valence-electron chi connectivity index (χ0n) is 17.4. The molecule has 9 nitrogen and oxygen atoms in total. The number of hydrogen-bond donors (Lipinski definition) is 2. The van der Waals surface area contributed by atoms with Crippen LogP contribution in [0.4, 0.5) is 4.39 Å². The van der Waals surface area contributed by atoms with Crippen molar-refractivity contribution in [2.24, 2.45) is 0 Å². The lowest BCUT2D eigenvalue weighted by Crippen LogP contribution is -2.42. The number of benzene rings is 2. The minimum atomic E-state index is -3.73. The molecule has 0 saturated carbocycles. The van der Waals surface area contributed by atoms with Gasteiger partial charge in [-0.05, 0) is 42.5 Å². The Labute approximate surface area is 184 Å². The summed E-state index contributed by atoms with van der Waals surface area (Å²) in [6.45, 7) is 4.05. The van der Waals surface area contributed by atoms with E-state index in [0.29, 0.717) is 18.8 Å². The normalized spacial score (nSPS) is 11.4. The summed E-state index contributed by atoms with van der Waals surface area (Å²) in [4.78, 5) is 24.7. The lowest BCUT2D eigenvalue weighted by molar-refractivity contribution is 0.0843. The highest BCUT2D eigenvalue weighted by molar-refractivity contribution is 7.89. The molecule has 0 unspecified atom stereocenters. The van der Waals surface area contributed by atoms with Crippen LogP contribution in [0.25, 0.3) is 5.69 Å². The van der Waals surface area contributed by atoms with Gasteiger partial charge in [0, 0.05) is 24.8 Å². The van der Waals surface area contributed by atoms with Gasteiger partial charge in [0.2, 0.25) is 10.0 Å². The first-order valence-electron chi connectivity index (χ1n) is 9.78. The number of sulfonamides is 1. The average molecular weight is 460 g/mol. The molecule has 1 heterocycles. The van der Waals surface area contributed by atoms with Crippen molar-refractivity contribution >= 4 is 21.8 Å². The molecule has 0 saturated heterocycles. The number of rotatable bonds is 7. The van der Waals surface area contributed by atoms with Gasteiger partial charge in [0.15, 0.2) is 5.69 Å². The first kappa shape index (κ1) is 23.1. The lowest BCUT2D eigenvalue weighted by atomic mass is 10.2. The molecule has 0 spiro atoms. The Morgan fingerprint density at radius 2 is 1.69 bits per heavy atom. The average Bonchev–Trinajstić information content (AvgIpc) is 3.28. The van der Waals surface area contributed by atoms with Gasteiger partial charge in [-0.1, -0.05) is 26.0 Å². The van der Waals surface area contributed by atoms with E-state index in [0.717, 1.165) is 0 Å². The summed E-state index contributed by atoms with van der Waals surface area (Å²) in [7, 11) is -3.73. The van der Waals surface area contributed by atoms with Crippen molar-refractivity contribution in [2.75, 3.05) is 13.1 Å². The van der Waals surface area contributed by atoms with Gasteiger partial charge < -0.3 is 0 Å². The van der Waals surface area contributed by atoms with E-state index in [2.05, 4.69) is 16.0 Å². The van der Waals surface area contributed by atoms with Crippen molar-refractivity contribution in [1.29, 1.82) is 0 Å². The maximum Gasteiger partial charge on any atom is 0.290 e. The molecule has 0 radical (unpaired) electrons. The number of halogens is 1. The maximum atomic E-state index is 13.4. The van der Waals surface area contributed by atoms with Crippen LogP contribution < -0.4 is 10.9 Å². The Bertz CT molecular complexity index is 1240. The molecule has 0 aliphatic heterocycles. The summed E-state index contributed by atoms with van der Waals surface area (Å²) < 4.78 is 41.3. The fourth-order valence-corrected chi connectivity index (χ4v) is 4.47. The summed E-state index contributed by atoms with van der Waals surface area (Å²) in [5.41, 5.74) is 4.95. The van der Waals surface area contributed by atoms with Crippen molar-refractivity contribution in [3.63, 3.8) is 0 Å². The third-order valence-electron chi connectivity index (χ3n) is 4.62. The van der Waals surface area contributed by atoms with Crippen LogP contribution in [0.1, 0.15) is 34.7 Å². The number of nitrogens with one attached hydrogen (secondary N) is 2. The van der Waals surface area contributed by atoms with Crippen LogP contribution in [0.3, 0.4) is 0 Å². The van der Waals surface area contributed by atoms with Crippen molar-refractivity contribution in [3.8, 4) is 5.69 Å². The largest absolute Gasteiger partial charge is 0.290 e. The lowest BCUT2D eigenvalue weighted by Gasteiger charge is -2.18. The molecule has 2 N–H and O–H groups in total. The minimum Gasteiger partial charge on any atom is -0.267 e. The highest BCUT2D eigenvalue weighted by Crippen LogP contribution is 2.17. The first-order valence-corrected chi connectivity index (χ1v) is 11.2. The molecule has 0 atom stereocenters. The molecular formula is C21H22FN5O4S. The van der Waals surface area contributed by atoms with Crippen LogP contribution in [-0.2, 0) is 10.0 Å². The van der Waals surface area contributed by atoms with Crippen LogP contribution in [0.2, 0.25) is 0 Å². The first-order chi connectivity index (χ1) is 15.3. The summed E-state index contributed by atoms with van der Waals surface area (Å²) in [6.07, 6.45) is 1.48. The van der Waals surface area contributed by atoms with Crippen molar-refractivity contribution in [3.05, 3.63) is 77.9 Å². The number of nitrogens with zero attached hydrogens (tertiary/aromatic N) is 3. The predicted molar refractivity (Wildman–Crippen MR) is 115 cm³/mol. The van der Waals surface area contributed by atoms with E-state index in [1.165, 1.54) is 63.7 Å². The number of amides is 2. The second-order valence-electron chi connectivity index (χ2n) is 6.65. The van der Waals surface area contributed by atoms with Crippen LogP contribution in [-0.4, -0.2) is 47.4 Å². The Kier molecular flexibility index (Phi) is 7.01. The van der Waals surface area contributed by atoms with E-state index in [-0.39, 0.29) is 16.2 Å². The van der Waals surface area contributed by atoms with E-state index in [1.54, 1.807) is 19.9 Å². The number of aromatic nitrogens is 2. The Morgan fingerprint density at radius 1 is 1.00 bits per heavy atom. The molecule has 0 fully saturated rings. The monoisotopic (exact) mass is 459 g/mol. The van der Waals surface area contributed by atoms with Crippen molar-refractivity contribution in [1.82, 2.24) is 24.9 Å². The molecule has 3 aromatic rings. The van der Waals surface area contributed by atoms with E-state index in [9.17, 15) is 22.4 Å². The highest BCUT2D eigenvalue weighted by Gasteiger charge is 2.22. The molecule has 1 aromatic heterocycles. The zero-order valence-corrected chi connectivity index (χ0v) is 18.3. The molecule has 32 heavy (non-hydrogen) atoms. The summed E-state index contributed by atoms with van der Waals surface area (Å²) >= 11 is 0. The maximum absolute atomic E-state index is 13.4. The Balaban J connectivity index is 1.68. The van der Waals surface area contributed by atoms with Crippen LogP contribution in [0.15, 0.2) is 65.7 Å². The quantitative estimate of drug-likeness (QED) is 0.526. The fraction of sp³-hybridized carbons (Fsp3) is 0.190. The molecule has 168 valence electrons. The van der Waals surface area contributed by atoms with Gasteiger partial charge in [-0.15, -0.1) is 0 Å². The Morgan fingerprint density at radius 3 is 2.38 bits per heavy atom. The van der Waals surface area contributed by atoms with Gasteiger partial charge in [-0.2, -0.15) is 9.40 Å². The molecule has 3 rings (SSSR count). The van der Waals surface area contributed by atoms with E-state index in [1.807, 2.05) is 0 Å². The van der Waals surface area contributed by atoms with E-state index >= 15 is 0 Å². The standard InChI is InChI=1S/C21H22FN5O4S/c1-3-26(4-2)32(30,31)18-10-5-7-15(13-18)20(28)23-24-21(29)19-11-12-27(25-19)17-9-6-8-16(22)14-17/h5-14H,3-4H2,1-2H3,(H,23,28)(H,24,29). The minimum absolute atomic E-state index is 0.00702. The predicted octanol–water partition coefficient (Wildman–Crippen LogP) is 2.12. The summed E-state index contributed by atoms with van der Waals surface area (Å²) in [6, 6.07) is 12.6. The smallest absolute Gasteiger partial charge is 0.267 e. The van der Waals surface area contributed by atoms with Crippen molar-refractivity contribution in [2.45, 2.75) is 18.7 Å². The number of carbonyl (C=O) groups is 2.